The number of carbonyl (C=O) groups is 1. The third kappa shape index (κ3) is 3.22. The molecule has 0 fully saturated rings. The van der Waals surface area contributed by atoms with E-state index in [0.29, 0.717) is 16.8 Å². The van der Waals surface area contributed by atoms with Crippen LogP contribution in [0, 0.1) is 11.6 Å². The van der Waals surface area contributed by atoms with E-state index in [1.165, 1.54) is 0 Å². The third-order valence-electron chi connectivity index (χ3n) is 3.27. The van der Waals surface area contributed by atoms with Crippen molar-refractivity contribution in [3.63, 3.8) is 0 Å². The van der Waals surface area contributed by atoms with Gasteiger partial charge in [0.05, 0.1) is 0 Å². The molecule has 2 aromatic carbocycles. The predicted octanol–water partition coefficient (Wildman–Crippen LogP) is 2.43. The van der Waals surface area contributed by atoms with E-state index in [9.17, 15) is 13.6 Å². The van der Waals surface area contributed by atoms with Crippen molar-refractivity contribution in [2.45, 2.75) is 6.61 Å². The average molecular weight is 330 g/mol. The fourth-order valence-electron chi connectivity index (χ4n) is 2.16. The summed E-state index contributed by atoms with van der Waals surface area (Å²) in [6.07, 6.45) is 0. The van der Waals surface area contributed by atoms with Gasteiger partial charge in [0.15, 0.2) is 17.3 Å². The van der Waals surface area contributed by atoms with Gasteiger partial charge in [-0.2, -0.15) is 15.4 Å². The Bertz CT molecular complexity index is 895. The Morgan fingerprint density at radius 3 is 2.79 bits per heavy atom. The summed E-state index contributed by atoms with van der Waals surface area (Å²) >= 11 is 0. The summed E-state index contributed by atoms with van der Waals surface area (Å²) in [4.78, 5) is 11.3. The van der Waals surface area contributed by atoms with Crippen LogP contribution in [0.15, 0.2) is 42.5 Å². The fraction of sp³-hybridized carbons (Fsp3) is 0.0625. The number of aromatic nitrogens is 3. The normalized spacial score (nSPS) is 10.6. The molecule has 3 rings (SSSR count). The maximum atomic E-state index is 13.6. The largest absolute Gasteiger partial charge is 0.486 e. The van der Waals surface area contributed by atoms with Crippen LogP contribution >= 0.6 is 0 Å². The van der Waals surface area contributed by atoms with E-state index in [-0.39, 0.29) is 18.1 Å². The molecule has 0 aliphatic carbocycles. The maximum absolute atomic E-state index is 13.6. The van der Waals surface area contributed by atoms with Crippen molar-refractivity contribution in [3.8, 4) is 17.0 Å². The minimum atomic E-state index is -0.706. The van der Waals surface area contributed by atoms with E-state index in [4.69, 9.17) is 10.5 Å². The van der Waals surface area contributed by atoms with Gasteiger partial charge in [-0.3, -0.25) is 4.79 Å². The lowest BCUT2D eigenvalue weighted by Gasteiger charge is -2.08. The van der Waals surface area contributed by atoms with Crippen LogP contribution in [0.1, 0.15) is 16.1 Å². The molecule has 1 amide bonds. The minimum Gasteiger partial charge on any atom is -0.486 e. The summed E-state index contributed by atoms with van der Waals surface area (Å²) in [6, 6.07) is 9.86. The van der Waals surface area contributed by atoms with Gasteiger partial charge >= 0.3 is 0 Å². The first-order valence-corrected chi connectivity index (χ1v) is 6.92. The van der Waals surface area contributed by atoms with E-state index < -0.39 is 17.5 Å². The first-order valence-electron chi connectivity index (χ1n) is 6.92. The van der Waals surface area contributed by atoms with Crippen LogP contribution in [0.25, 0.3) is 11.3 Å². The van der Waals surface area contributed by atoms with E-state index in [2.05, 4.69) is 15.4 Å². The molecule has 0 saturated carbocycles. The molecule has 8 heteroatoms. The number of rotatable bonds is 5. The Labute approximate surface area is 135 Å². The van der Waals surface area contributed by atoms with Crippen molar-refractivity contribution in [1.29, 1.82) is 0 Å². The molecule has 6 nitrogen and oxygen atoms in total. The van der Waals surface area contributed by atoms with Crippen LogP contribution in [0.3, 0.4) is 0 Å². The summed E-state index contributed by atoms with van der Waals surface area (Å²) in [6.45, 7) is 0.0119. The molecule has 0 spiro atoms. The summed E-state index contributed by atoms with van der Waals surface area (Å²) in [5, 5.41) is 9.95. The summed E-state index contributed by atoms with van der Waals surface area (Å²) in [5.74, 6) is -2.13. The molecule has 24 heavy (non-hydrogen) atoms. The first-order chi connectivity index (χ1) is 11.5. The molecular weight excluding hydrogens is 318 g/mol. The predicted molar refractivity (Wildman–Crippen MR) is 81.0 cm³/mol. The number of carbonyl (C=O) groups excluding carboxylic acids is 1. The topological polar surface area (TPSA) is 93.9 Å². The molecule has 0 aliphatic heterocycles. The number of benzene rings is 2. The van der Waals surface area contributed by atoms with Crippen LogP contribution < -0.4 is 10.5 Å². The van der Waals surface area contributed by atoms with Gasteiger partial charge < -0.3 is 10.5 Å². The number of nitrogens with two attached hydrogens (primary N) is 1. The van der Waals surface area contributed by atoms with Gasteiger partial charge in [-0.1, -0.05) is 18.2 Å². The Morgan fingerprint density at radius 1 is 1.17 bits per heavy atom. The smallest absolute Gasteiger partial charge is 0.271 e. The lowest BCUT2D eigenvalue weighted by Crippen LogP contribution is -2.12. The number of nitrogens with zero attached hydrogens (tertiary/aromatic N) is 2. The van der Waals surface area contributed by atoms with Crippen molar-refractivity contribution in [2.24, 2.45) is 5.73 Å². The highest BCUT2D eigenvalue weighted by Crippen LogP contribution is 2.23. The van der Waals surface area contributed by atoms with E-state index >= 15 is 0 Å². The van der Waals surface area contributed by atoms with Crippen molar-refractivity contribution in [3.05, 3.63) is 65.4 Å². The SMILES string of the molecule is NC(=O)c1n[nH]nc1-c1cccc(COc2cc(F)ccc2F)c1. The second-order valence-electron chi connectivity index (χ2n) is 4.95. The summed E-state index contributed by atoms with van der Waals surface area (Å²) in [5.41, 5.74) is 6.83. The molecule has 0 unspecified atom stereocenters. The number of primary amides is 1. The van der Waals surface area contributed by atoms with Crippen molar-refractivity contribution >= 4 is 5.91 Å². The van der Waals surface area contributed by atoms with Crippen LogP contribution in [0.2, 0.25) is 0 Å². The summed E-state index contributed by atoms with van der Waals surface area (Å²) < 4.78 is 32.0. The van der Waals surface area contributed by atoms with E-state index in [0.717, 1.165) is 18.2 Å². The molecule has 1 heterocycles. The lowest BCUT2D eigenvalue weighted by atomic mass is 10.1. The van der Waals surface area contributed by atoms with Crippen molar-refractivity contribution in [1.82, 2.24) is 15.4 Å². The highest BCUT2D eigenvalue weighted by Gasteiger charge is 2.15. The van der Waals surface area contributed by atoms with Gasteiger partial charge in [-0.15, -0.1) is 0 Å². The second kappa shape index (κ2) is 6.45. The quantitative estimate of drug-likeness (QED) is 0.751. The van der Waals surface area contributed by atoms with Crippen LogP contribution in [-0.2, 0) is 6.61 Å². The van der Waals surface area contributed by atoms with Gasteiger partial charge in [-0.05, 0) is 23.8 Å². The number of nitrogens with one attached hydrogen (secondary N) is 1. The van der Waals surface area contributed by atoms with E-state index in [1.54, 1.807) is 24.3 Å². The first kappa shape index (κ1) is 15.6. The number of hydrogen-bond acceptors (Lipinski definition) is 4. The van der Waals surface area contributed by atoms with E-state index in [1.807, 2.05) is 0 Å². The number of halogens is 2. The van der Waals surface area contributed by atoms with Gasteiger partial charge in [-0.25, -0.2) is 8.78 Å². The molecule has 0 atom stereocenters. The van der Waals surface area contributed by atoms with Gasteiger partial charge in [0.2, 0.25) is 0 Å². The zero-order valence-electron chi connectivity index (χ0n) is 12.3. The Balaban J connectivity index is 1.82. The number of aromatic amines is 1. The molecule has 3 N–H and O–H groups in total. The number of hydrogen-bond donors (Lipinski definition) is 2. The van der Waals surface area contributed by atoms with Crippen LogP contribution in [0.5, 0.6) is 5.75 Å². The average Bonchev–Trinajstić information content (AvgIpc) is 3.06. The Kier molecular flexibility index (Phi) is 4.19. The van der Waals surface area contributed by atoms with Crippen molar-refractivity contribution < 1.29 is 18.3 Å². The fourth-order valence-corrected chi connectivity index (χ4v) is 2.16. The molecule has 1 aromatic heterocycles. The molecule has 122 valence electrons. The standard InChI is InChI=1S/C16H12F2N4O2/c17-11-4-5-12(18)13(7-11)24-8-9-2-1-3-10(6-9)14-15(16(19)23)21-22-20-14/h1-7H,8H2,(H2,19,23)(H,20,21,22). The van der Waals surface area contributed by atoms with Gasteiger partial charge in [0.25, 0.3) is 5.91 Å². The zero-order chi connectivity index (χ0) is 17.1. The highest BCUT2D eigenvalue weighted by molar-refractivity contribution is 5.96. The zero-order valence-corrected chi connectivity index (χ0v) is 12.3. The molecule has 0 radical (unpaired) electrons. The van der Waals surface area contributed by atoms with Crippen molar-refractivity contribution in [2.75, 3.05) is 0 Å². The highest BCUT2D eigenvalue weighted by atomic mass is 19.1. The number of amides is 1. The van der Waals surface area contributed by atoms with Gasteiger partial charge in [0, 0.05) is 11.6 Å². The molecule has 0 aliphatic rings. The lowest BCUT2D eigenvalue weighted by molar-refractivity contribution is 0.0996. The molecular formula is C16H12F2N4O2. The molecule has 0 bridgehead atoms. The van der Waals surface area contributed by atoms with Crippen LogP contribution in [-0.4, -0.2) is 21.3 Å². The minimum absolute atomic E-state index is 0.0119. The van der Waals surface area contributed by atoms with Crippen LogP contribution in [0.4, 0.5) is 8.78 Å². The molecule has 0 saturated heterocycles. The van der Waals surface area contributed by atoms with Gasteiger partial charge in [0.1, 0.15) is 18.1 Å². The maximum Gasteiger partial charge on any atom is 0.271 e. The Morgan fingerprint density at radius 2 is 2.00 bits per heavy atom. The Hall–Kier alpha value is -3.29. The number of ether oxygens (including phenoxy) is 1. The summed E-state index contributed by atoms with van der Waals surface area (Å²) in [7, 11) is 0. The number of H-pyrrole nitrogens is 1. The third-order valence-corrected chi connectivity index (χ3v) is 3.27. The molecule has 3 aromatic rings. The second-order valence-corrected chi connectivity index (χ2v) is 4.95. The monoisotopic (exact) mass is 330 g/mol.